The predicted molar refractivity (Wildman–Crippen MR) is 101 cm³/mol. The van der Waals surface area contributed by atoms with Crippen LogP contribution >= 0.6 is 0 Å². The number of carbonyl (C=O) groups is 1. The standard InChI is InChI=1S/C21H28N2O/c1-3-19-13-7-9-17(2)21(19)23-16-14-20(24)22-15-8-12-18-10-5-4-6-11-18/h4-7,9-11,13,23H,3,8,12,14-16H2,1-2H3,(H,22,24). The summed E-state index contributed by atoms with van der Waals surface area (Å²) in [5.41, 5.74) is 5.04. The highest BCUT2D eigenvalue weighted by Gasteiger charge is 2.05. The molecule has 0 aliphatic heterocycles. The number of nitrogens with one attached hydrogen (secondary N) is 2. The molecule has 128 valence electrons. The van der Waals surface area contributed by atoms with Crippen molar-refractivity contribution < 1.29 is 4.79 Å². The SMILES string of the molecule is CCc1cccc(C)c1NCCC(=O)NCCCc1ccccc1. The van der Waals surface area contributed by atoms with E-state index in [2.05, 4.69) is 66.9 Å². The van der Waals surface area contributed by atoms with Crippen molar-refractivity contribution in [1.82, 2.24) is 5.32 Å². The van der Waals surface area contributed by atoms with Crippen LogP contribution in [0.4, 0.5) is 5.69 Å². The highest BCUT2D eigenvalue weighted by Crippen LogP contribution is 2.20. The number of hydrogen-bond acceptors (Lipinski definition) is 2. The molecule has 0 aliphatic carbocycles. The van der Waals surface area contributed by atoms with Gasteiger partial charge in [0.25, 0.3) is 0 Å². The Morgan fingerprint density at radius 2 is 1.79 bits per heavy atom. The van der Waals surface area contributed by atoms with E-state index in [4.69, 9.17) is 0 Å². The van der Waals surface area contributed by atoms with Gasteiger partial charge in [-0.1, -0.05) is 55.5 Å². The van der Waals surface area contributed by atoms with Crippen LogP contribution in [-0.4, -0.2) is 19.0 Å². The van der Waals surface area contributed by atoms with Crippen LogP contribution in [0.25, 0.3) is 0 Å². The van der Waals surface area contributed by atoms with Crippen LogP contribution in [0, 0.1) is 6.92 Å². The van der Waals surface area contributed by atoms with Gasteiger partial charge in [-0.3, -0.25) is 4.79 Å². The molecule has 0 aliphatic rings. The predicted octanol–water partition coefficient (Wildman–Crippen LogP) is 4.11. The Morgan fingerprint density at radius 3 is 2.54 bits per heavy atom. The van der Waals surface area contributed by atoms with Crippen molar-refractivity contribution in [2.45, 2.75) is 39.5 Å². The van der Waals surface area contributed by atoms with Crippen LogP contribution in [-0.2, 0) is 17.6 Å². The van der Waals surface area contributed by atoms with Gasteiger partial charge in [0.15, 0.2) is 0 Å². The second-order valence-corrected chi connectivity index (χ2v) is 6.08. The van der Waals surface area contributed by atoms with Gasteiger partial charge in [-0.05, 0) is 42.9 Å². The van der Waals surface area contributed by atoms with Gasteiger partial charge in [-0.2, -0.15) is 0 Å². The first-order valence-corrected chi connectivity index (χ1v) is 8.83. The van der Waals surface area contributed by atoms with Gasteiger partial charge in [0.05, 0.1) is 0 Å². The van der Waals surface area contributed by atoms with Gasteiger partial charge in [0.2, 0.25) is 5.91 Å². The van der Waals surface area contributed by atoms with E-state index in [0.717, 1.165) is 25.8 Å². The third-order valence-corrected chi connectivity index (χ3v) is 4.20. The van der Waals surface area contributed by atoms with Gasteiger partial charge in [0, 0.05) is 25.2 Å². The molecular weight excluding hydrogens is 296 g/mol. The summed E-state index contributed by atoms with van der Waals surface area (Å²) in [6.07, 6.45) is 3.47. The maximum absolute atomic E-state index is 11.9. The summed E-state index contributed by atoms with van der Waals surface area (Å²) in [6.45, 7) is 5.66. The van der Waals surface area contributed by atoms with Gasteiger partial charge < -0.3 is 10.6 Å². The molecule has 2 aromatic rings. The maximum atomic E-state index is 11.9. The minimum atomic E-state index is 0.113. The minimum absolute atomic E-state index is 0.113. The Labute approximate surface area is 145 Å². The lowest BCUT2D eigenvalue weighted by molar-refractivity contribution is -0.120. The zero-order chi connectivity index (χ0) is 17.2. The Kier molecular flexibility index (Phi) is 7.34. The fourth-order valence-electron chi connectivity index (χ4n) is 2.83. The largest absolute Gasteiger partial charge is 0.384 e. The molecule has 0 atom stereocenters. The van der Waals surface area contributed by atoms with E-state index in [9.17, 15) is 4.79 Å². The van der Waals surface area contributed by atoms with E-state index < -0.39 is 0 Å². The van der Waals surface area contributed by atoms with Gasteiger partial charge >= 0.3 is 0 Å². The van der Waals surface area contributed by atoms with E-state index in [-0.39, 0.29) is 5.91 Å². The van der Waals surface area contributed by atoms with Gasteiger partial charge in [-0.15, -0.1) is 0 Å². The molecule has 0 unspecified atom stereocenters. The quantitative estimate of drug-likeness (QED) is 0.682. The van der Waals surface area contributed by atoms with E-state index in [1.807, 2.05) is 6.07 Å². The summed E-state index contributed by atoms with van der Waals surface area (Å²) in [6, 6.07) is 16.7. The highest BCUT2D eigenvalue weighted by molar-refractivity contribution is 5.76. The topological polar surface area (TPSA) is 41.1 Å². The number of rotatable bonds is 9. The molecule has 0 bridgehead atoms. The summed E-state index contributed by atoms with van der Waals surface area (Å²) in [5.74, 6) is 0.113. The van der Waals surface area contributed by atoms with Crippen molar-refractivity contribution in [3.63, 3.8) is 0 Å². The smallest absolute Gasteiger partial charge is 0.221 e. The van der Waals surface area contributed by atoms with E-state index in [1.165, 1.54) is 22.4 Å². The van der Waals surface area contributed by atoms with Crippen LogP contribution in [0.1, 0.15) is 36.5 Å². The molecule has 3 nitrogen and oxygen atoms in total. The molecular formula is C21H28N2O. The molecule has 2 N–H and O–H groups in total. The van der Waals surface area contributed by atoms with Crippen LogP contribution < -0.4 is 10.6 Å². The van der Waals surface area contributed by atoms with Crippen molar-refractivity contribution in [1.29, 1.82) is 0 Å². The molecule has 2 aromatic carbocycles. The number of hydrogen-bond donors (Lipinski definition) is 2. The lowest BCUT2D eigenvalue weighted by Gasteiger charge is -2.14. The second-order valence-electron chi connectivity index (χ2n) is 6.08. The van der Waals surface area contributed by atoms with Gasteiger partial charge in [-0.25, -0.2) is 0 Å². The summed E-state index contributed by atoms with van der Waals surface area (Å²) in [5, 5.41) is 6.42. The molecule has 0 fully saturated rings. The monoisotopic (exact) mass is 324 g/mol. The molecule has 1 amide bonds. The van der Waals surface area contributed by atoms with Crippen LogP contribution in [0.3, 0.4) is 0 Å². The highest BCUT2D eigenvalue weighted by atomic mass is 16.1. The first kappa shape index (κ1) is 18.1. The van der Waals surface area contributed by atoms with E-state index >= 15 is 0 Å². The Balaban J connectivity index is 1.65. The number of amides is 1. The van der Waals surface area contributed by atoms with Crippen LogP contribution in [0.5, 0.6) is 0 Å². The van der Waals surface area contributed by atoms with Crippen molar-refractivity contribution in [3.05, 3.63) is 65.2 Å². The molecule has 0 saturated carbocycles. The van der Waals surface area contributed by atoms with E-state index in [0.29, 0.717) is 13.0 Å². The summed E-state index contributed by atoms with van der Waals surface area (Å²) >= 11 is 0. The Morgan fingerprint density at radius 1 is 1.00 bits per heavy atom. The molecule has 0 spiro atoms. The number of aryl methyl sites for hydroxylation is 3. The summed E-state index contributed by atoms with van der Waals surface area (Å²) in [4.78, 5) is 11.9. The molecule has 0 radical (unpaired) electrons. The molecule has 0 saturated heterocycles. The third kappa shape index (κ3) is 5.73. The maximum Gasteiger partial charge on any atom is 0.221 e. The average Bonchev–Trinajstić information content (AvgIpc) is 2.61. The Hall–Kier alpha value is -2.29. The molecule has 0 aromatic heterocycles. The molecule has 2 rings (SSSR count). The second kappa shape index (κ2) is 9.76. The molecule has 3 heteroatoms. The lowest BCUT2D eigenvalue weighted by atomic mass is 10.1. The number of carbonyl (C=O) groups excluding carboxylic acids is 1. The first-order valence-electron chi connectivity index (χ1n) is 8.83. The number of benzene rings is 2. The molecule has 24 heavy (non-hydrogen) atoms. The summed E-state index contributed by atoms with van der Waals surface area (Å²) < 4.78 is 0. The van der Waals surface area contributed by atoms with Crippen molar-refractivity contribution in [2.75, 3.05) is 18.4 Å². The van der Waals surface area contributed by atoms with E-state index in [1.54, 1.807) is 0 Å². The minimum Gasteiger partial charge on any atom is -0.384 e. The molecule has 0 heterocycles. The third-order valence-electron chi connectivity index (χ3n) is 4.20. The zero-order valence-electron chi connectivity index (χ0n) is 14.8. The Bertz CT molecular complexity index is 638. The number of para-hydroxylation sites is 1. The fourth-order valence-corrected chi connectivity index (χ4v) is 2.83. The van der Waals surface area contributed by atoms with Crippen molar-refractivity contribution in [2.24, 2.45) is 0 Å². The van der Waals surface area contributed by atoms with Crippen LogP contribution in [0.15, 0.2) is 48.5 Å². The van der Waals surface area contributed by atoms with Crippen LogP contribution in [0.2, 0.25) is 0 Å². The van der Waals surface area contributed by atoms with Crippen molar-refractivity contribution >= 4 is 11.6 Å². The first-order chi connectivity index (χ1) is 11.7. The van der Waals surface area contributed by atoms with Crippen molar-refractivity contribution in [3.8, 4) is 0 Å². The zero-order valence-corrected chi connectivity index (χ0v) is 14.8. The normalized spacial score (nSPS) is 10.4. The lowest BCUT2D eigenvalue weighted by Crippen LogP contribution is -2.26. The number of anilines is 1. The fraction of sp³-hybridized carbons (Fsp3) is 0.381. The van der Waals surface area contributed by atoms with Gasteiger partial charge in [0.1, 0.15) is 0 Å². The summed E-state index contributed by atoms with van der Waals surface area (Å²) in [7, 11) is 0. The average molecular weight is 324 g/mol.